The van der Waals surface area contributed by atoms with Crippen LogP contribution in [0.4, 0.5) is 10.6 Å². The number of hydrogen-bond acceptors (Lipinski definition) is 7. The van der Waals surface area contributed by atoms with Crippen LogP contribution in [0.25, 0.3) is 0 Å². The molecule has 1 aliphatic rings. The second kappa shape index (κ2) is 7.32. The van der Waals surface area contributed by atoms with Gasteiger partial charge in [-0.05, 0) is 19.8 Å². The molecule has 4 amide bonds. The van der Waals surface area contributed by atoms with Crippen LogP contribution in [-0.2, 0) is 19.1 Å². The summed E-state index contributed by atoms with van der Waals surface area (Å²) in [6, 6.07) is 0.857. The van der Waals surface area contributed by atoms with Crippen LogP contribution in [0.1, 0.15) is 32.4 Å². The van der Waals surface area contributed by atoms with Gasteiger partial charge in [0.2, 0.25) is 0 Å². The summed E-state index contributed by atoms with van der Waals surface area (Å²) in [5, 5.41) is 8.55. The second-order valence-corrected chi connectivity index (χ2v) is 5.64. The number of urea groups is 1. The normalized spacial score (nSPS) is 15.9. The highest BCUT2D eigenvalue weighted by Crippen LogP contribution is 2.24. The fourth-order valence-electron chi connectivity index (χ4n) is 2.47. The minimum atomic E-state index is -0.987. The highest BCUT2D eigenvalue weighted by atomic mass is 16.5. The van der Waals surface area contributed by atoms with Crippen molar-refractivity contribution in [3.05, 3.63) is 11.8 Å². The third-order valence-corrected chi connectivity index (χ3v) is 4.00. The number of esters is 1. The number of rotatable bonds is 7. The maximum Gasteiger partial charge on any atom is 0.326 e. The smallest absolute Gasteiger partial charge is 0.326 e. The van der Waals surface area contributed by atoms with Gasteiger partial charge in [0.1, 0.15) is 17.8 Å². The van der Waals surface area contributed by atoms with Gasteiger partial charge in [0.05, 0.1) is 0 Å². The molecule has 1 aromatic rings. The first-order valence-corrected chi connectivity index (χ1v) is 7.84. The monoisotopic (exact) mass is 352 g/mol. The minimum Gasteiger partial charge on any atom is -0.454 e. The largest absolute Gasteiger partial charge is 0.454 e. The van der Waals surface area contributed by atoms with Crippen molar-refractivity contribution in [2.24, 2.45) is 0 Å². The Morgan fingerprint density at radius 3 is 2.56 bits per heavy atom. The van der Waals surface area contributed by atoms with E-state index >= 15 is 0 Å². The Kier molecular flexibility index (Phi) is 5.40. The van der Waals surface area contributed by atoms with Gasteiger partial charge >= 0.3 is 12.0 Å². The van der Waals surface area contributed by atoms with Crippen LogP contribution in [0.2, 0.25) is 0 Å². The summed E-state index contributed by atoms with van der Waals surface area (Å²) in [6.45, 7) is 4.09. The lowest BCUT2D eigenvalue weighted by molar-refractivity contribution is -0.150. The molecule has 1 aromatic heterocycles. The Morgan fingerprint density at radius 2 is 2.04 bits per heavy atom. The molecule has 0 atom stereocenters. The number of aromatic nitrogens is 1. The van der Waals surface area contributed by atoms with Gasteiger partial charge in [0, 0.05) is 6.07 Å². The topological polar surface area (TPSA) is 131 Å². The molecule has 0 spiro atoms. The van der Waals surface area contributed by atoms with E-state index < -0.39 is 42.5 Å². The van der Waals surface area contributed by atoms with E-state index in [0.29, 0.717) is 18.6 Å². The Labute approximate surface area is 143 Å². The number of carbonyl (C=O) groups excluding carboxylic acids is 4. The Bertz CT molecular complexity index is 694. The van der Waals surface area contributed by atoms with Gasteiger partial charge in [-0.3, -0.25) is 19.3 Å². The maximum atomic E-state index is 12.4. The van der Waals surface area contributed by atoms with Crippen LogP contribution in [-0.4, -0.2) is 52.6 Å². The Morgan fingerprint density at radius 1 is 1.36 bits per heavy atom. The van der Waals surface area contributed by atoms with Crippen LogP contribution in [0.3, 0.4) is 0 Å². The number of nitrogens with one attached hydrogen (secondary N) is 2. The fourth-order valence-corrected chi connectivity index (χ4v) is 2.47. The van der Waals surface area contributed by atoms with Crippen LogP contribution in [0.5, 0.6) is 0 Å². The Balaban J connectivity index is 1.85. The number of nitrogens with zero attached hydrogens (tertiary/aromatic N) is 2. The van der Waals surface area contributed by atoms with E-state index in [1.165, 1.54) is 6.07 Å². The van der Waals surface area contributed by atoms with Crippen LogP contribution in [0, 0.1) is 6.92 Å². The highest BCUT2D eigenvalue weighted by molar-refractivity contribution is 6.08. The van der Waals surface area contributed by atoms with Crippen molar-refractivity contribution in [1.82, 2.24) is 15.4 Å². The molecule has 2 heterocycles. The molecule has 0 radical (unpaired) electrons. The van der Waals surface area contributed by atoms with Gasteiger partial charge in [-0.15, -0.1) is 0 Å². The minimum absolute atomic E-state index is 0.198. The number of ether oxygens (including phenoxy) is 1. The van der Waals surface area contributed by atoms with Crippen molar-refractivity contribution in [1.29, 1.82) is 0 Å². The van der Waals surface area contributed by atoms with E-state index in [1.807, 2.05) is 0 Å². The van der Waals surface area contributed by atoms with Crippen molar-refractivity contribution in [2.75, 3.05) is 18.5 Å². The molecule has 0 aliphatic carbocycles. The molecular weight excluding hydrogens is 332 g/mol. The van der Waals surface area contributed by atoms with E-state index in [4.69, 9.17) is 9.26 Å². The van der Waals surface area contributed by atoms with Crippen LogP contribution >= 0.6 is 0 Å². The molecule has 10 heteroatoms. The number of aryl methyl sites for hydroxylation is 1. The molecule has 136 valence electrons. The molecule has 2 N–H and O–H groups in total. The quantitative estimate of drug-likeness (QED) is 0.542. The predicted octanol–water partition coefficient (Wildman–Crippen LogP) is 0.575. The van der Waals surface area contributed by atoms with Gasteiger partial charge in [-0.1, -0.05) is 19.0 Å². The summed E-state index contributed by atoms with van der Waals surface area (Å²) < 4.78 is 9.58. The van der Waals surface area contributed by atoms with E-state index in [2.05, 4.69) is 15.8 Å². The Hall–Kier alpha value is -2.91. The summed E-state index contributed by atoms with van der Waals surface area (Å²) >= 11 is 0. The first-order chi connectivity index (χ1) is 11.8. The van der Waals surface area contributed by atoms with Gasteiger partial charge in [0.15, 0.2) is 12.4 Å². The molecule has 1 saturated heterocycles. The molecule has 0 unspecified atom stereocenters. The van der Waals surface area contributed by atoms with Crippen molar-refractivity contribution in [2.45, 2.75) is 39.2 Å². The van der Waals surface area contributed by atoms with E-state index in [9.17, 15) is 19.2 Å². The highest BCUT2D eigenvalue weighted by Gasteiger charge is 2.49. The van der Waals surface area contributed by atoms with E-state index in [1.54, 1.807) is 20.8 Å². The molecule has 1 aliphatic heterocycles. The molecule has 0 aromatic carbocycles. The number of amides is 4. The van der Waals surface area contributed by atoms with Gasteiger partial charge < -0.3 is 19.9 Å². The number of carbonyl (C=O) groups is 4. The third kappa shape index (κ3) is 3.95. The summed E-state index contributed by atoms with van der Waals surface area (Å²) in [7, 11) is 0. The first-order valence-electron chi connectivity index (χ1n) is 7.84. The van der Waals surface area contributed by atoms with Gasteiger partial charge in [-0.2, -0.15) is 0 Å². The van der Waals surface area contributed by atoms with Crippen LogP contribution in [0.15, 0.2) is 10.6 Å². The first kappa shape index (κ1) is 18.4. The lowest BCUT2D eigenvalue weighted by Crippen LogP contribution is -2.46. The average molecular weight is 352 g/mol. The molecule has 25 heavy (non-hydrogen) atoms. The summed E-state index contributed by atoms with van der Waals surface area (Å²) in [4.78, 5) is 48.6. The lowest BCUT2D eigenvalue weighted by Gasteiger charge is -2.22. The zero-order valence-corrected chi connectivity index (χ0v) is 14.2. The second-order valence-electron chi connectivity index (χ2n) is 5.64. The summed E-state index contributed by atoms with van der Waals surface area (Å²) in [6.07, 6.45) is 0.832. The molecule has 0 saturated carbocycles. The zero-order valence-electron chi connectivity index (χ0n) is 14.2. The standard InChI is InChI=1S/C15H20N4O6/c1-4-15(5-2)13(22)19(14(23)17-15)7-12(21)24-8-11(20)16-10-6-9(3)25-18-10/h6H,4-5,7-8H2,1-3H3,(H,17,23)(H,16,18,20). The lowest BCUT2D eigenvalue weighted by atomic mass is 9.93. The number of anilines is 1. The summed E-state index contributed by atoms with van der Waals surface area (Å²) in [5.74, 6) is -1.24. The van der Waals surface area contributed by atoms with Crippen molar-refractivity contribution in [3.8, 4) is 0 Å². The predicted molar refractivity (Wildman–Crippen MR) is 84.4 cm³/mol. The van der Waals surface area contributed by atoms with Crippen molar-refractivity contribution < 1.29 is 28.4 Å². The zero-order chi connectivity index (χ0) is 18.6. The third-order valence-electron chi connectivity index (χ3n) is 4.00. The van der Waals surface area contributed by atoms with Gasteiger partial charge in [0.25, 0.3) is 11.8 Å². The molecule has 2 rings (SSSR count). The number of imide groups is 1. The van der Waals surface area contributed by atoms with Crippen LogP contribution < -0.4 is 10.6 Å². The maximum absolute atomic E-state index is 12.4. The van der Waals surface area contributed by atoms with E-state index in [0.717, 1.165) is 4.90 Å². The molecule has 10 nitrogen and oxygen atoms in total. The molecular formula is C15H20N4O6. The van der Waals surface area contributed by atoms with Gasteiger partial charge in [-0.25, -0.2) is 4.79 Å². The molecule has 0 bridgehead atoms. The fraction of sp³-hybridized carbons (Fsp3) is 0.533. The SMILES string of the molecule is CCC1(CC)NC(=O)N(CC(=O)OCC(=O)Nc2cc(C)on2)C1=O. The van der Waals surface area contributed by atoms with E-state index in [-0.39, 0.29) is 5.82 Å². The number of hydrogen-bond donors (Lipinski definition) is 2. The van der Waals surface area contributed by atoms with Crippen molar-refractivity contribution in [3.63, 3.8) is 0 Å². The van der Waals surface area contributed by atoms with Crippen molar-refractivity contribution >= 4 is 29.6 Å². The average Bonchev–Trinajstić information content (AvgIpc) is 3.09. The summed E-state index contributed by atoms with van der Waals surface area (Å²) in [5.41, 5.74) is -0.987. The molecule has 1 fully saturated rings.